The van der Waals surface area contributed by atoms with Crippen LogP contribution in [0.3, 0.4) is 0 Å². The van der Waals surface area contributed by atoms with Gasteiger partial charge >= 0.3 is 0 Å². The Balaban J connectivity index is 1.58. The number of pyridine rings is 2. The molecular formula is C27H27F2N5O2. The molecule has 2 aliphatic heterocycles. The quantitative estimate of drug-likeness (QED) is 0.383. The number of hydrogen-bond donors (Lipinski definition) is 0. The summed E-state index contributed by atoms with van der Waals surface area (Å²) in [6.45, 7) is 4.58. The summed E-state index contributed by atoms with van der Waals surface area (Å²) in [5, 5.41) is 5.28. The van der Waals surface area contributed by atoms with Crippen molar-refractivity contribution in [3.8, 4) is 22.5 Å². The first-order valence-corrected chi connectivity index (χ1v) is 12.3. The molecule has 0 N–H and O–H groups in total. The number of morpholine rings is 1. The van der Waals surface area contributed by atoms with Gasteiger partial charge in [-0.1, -0.05) is 0 Å². The minimum absolute atomic E-state index is 0.0934. The number of rotatable bonds is 4. The second kappa shape index (κ2) is 9.55. The molecule has 4 aromatic rings. The monoisotopic (exact) mass is 491 g/mol. The molecular weight excluding hydrogens is 464 g/mol. The van der Waals surface area contributed by atoms with E-state index >= 15 is 4.39 Å². The maximum Gasteiger partial charge on any atom is 0.150 e. The van der Waals surface area contributed by atoms with Crippen molar-refractivity contribution < 1.29 is 18.3 Å². The summed E-state index contributed by atoms with van der Waals surface area (Å²) in [4.78, 5) is 11.9. The maximum atomic E-state index is 15.1. The van der Waals surface area contributed by atoms with Gasteiger partial charge in [0.2, 0.25) is 0 Å². The molecule has 3 aromatic heterocycles. The van der Waals surface area contributed by atoms with E-state index in [4.69, 9.17) is 19.4 Å². The first-order chi connectivity index (χ1) is 17.6. The molecule has 2 aliphatic rings. The molecule has 2 saturated heterocycles. The highest BCUT2D eigenvalue weighted by molar-refractivity contribution is 6.01. The largest absolute Gasteiger partial charge is 0.377 e. The minimum atomic E-state index is -0.623. The molecule has 6 rings (SSSR count). The molecule has 2 atom stereocenters. The number of benzene rings is 1. The summed E-state index contributed by atoms with van der Waals surface area (Å²) in [6.07, 6.45) is 6.24. The van der Waals surface area contributed by atoms with Crippen molar-refractivity contribution in [2.24, 2.45) is 0 Å². The Labute approximate surface area is 207 Å². The van der Waals surface area contributed by atoms with Crippen LogP contribution in [0.5, 0.6) is 0 Å². The Kier molecular flexibility index (Phi) is 6.10. The highest BCUT2D eigenvalue weighted by Crippen LogP contribution is 2.38. The number of fused-ring (bicyclic) bond motifs is 1. The fourth-order valence-corrected chi connectivity index (χ4v) is 5.12. The maximum absolute atomic E-state index is 15.1. The molecule has 0 aliphatic carbocycles. The minimum Gasteiger partial charge on any atom is -0.377 e. The van der Waals surface area contributed by atoms with Crippen molar-refractivity contribution in [2.45, 2.75) is 38.5 Å². The van der Waals surface area contributed by atoms with Crippen LogP contribution >= 0.6 is 0 Å². The summed E-state index contributed by atoms with van der Waals surface area (Å²) < 4.78 is 42.3. The van der Waals surface area contributed by atoms with E-state index < -0.39 is 11.6 Å². The lowest BCUT2D eigenvalue weighted by Crippen LogP contribution is -2.44. The summed E-state index contributed by atoms with van der Waals surface area (Å²) in [5.74, 6) is -0.538. The number of anilines is 1. The third kappa shape index (κ3) is 4.12. The third-order valence-corrected chi connectivity index (χ3v) is 6.94. The average molecular weight is 492 g/mol. The molecule has 0 bridgehead atoms. The zero-order chi connectivity index (χ0) is 24.6. The van der Waals surface area contributed by atoms with Crippen LogP contribution in [0.2, 0.25) is 0 Å². The van der Waals surface area contributed by atoms with Gasteiger partial charge in [-0.05, 0) is 62.1 Å². The van der Waals surface area contributed by atoms with E-state index in [0.717, 1.165) is 36.4 Å². The van der Waals surface area contributed by atoms with Crippen LogP contribution in [-0.2, 0) is 9.47 Å². The topological polar surface area (TPSA) is 65.3 Å². The summed E-state index contributed by atoms with van der Waals surface area (Å²) in [5.41, 5.74) is 3.01. The molecule has 36 heavy (non-hydrogen) atoms. The lowest BCUT2D eigenvalue weighted by Gasteiger charge is -2.34. The van der Waals surface area contributed by atoms with Crippen molar-refractivity contribution in [3.63, 3.8) is 0 Å². The molecule has 2 fully saturated rings. The summed E-state index contributed by atoms with van der Waals surface area (Å²) >= 11 is 0. The van der Waals surface area contributed by atoms with E-state index in [2.05, 4.69) is 16.9 Å². The van der Waals surface area contributed by atoms with Gasteiger partial charge in [0.05, 0.1) is 24.9 Å². The predicted octanol–water partition coefficient (Wildman–Crippen LogP) is 5.36. The van der Waals surface area contributed by atoms with Gasteiger partial charge in [-0.3, -0.25) is 4.98 Å². The average Bonchev–Trinajstić information content (AvgIpc) is 3.38. The Bertz CT molecular complexity index is 1400. The van der Waals surface area contributed by atoms with E-state index in [0.29, 0.717) is 54.5 Å². The van der Waals surface area contributed by atoms with Crippen LogP contribution in [-0.4, -0.2) is 52.2 Å². The fraction of sp³-hybridized carbons (Fsp3) is 0.370. The van der Waals surface area contributed by atoms with Gasteiger partial charge in [0.25, 0.3) is 0 Å². The van der Waals surface area contributed by atoms with Crippen molar-refractivity contribution >= 4 is 16.7 Å². The molecule has 0 saturated carbocycles. The zero-order valence-corrected chi connectivity index (χ0v) is 20.0. The van der Waals surface area contributed by atoms with Crippen LogP contribution < -0.4 is 4.90 Å². The molecule has 186 valence electrons. The van der Waals surface area contributed by atoms with Crippen LogP contribution in [0.1, 0.15) is 32.4 Å². The molecule has 0 radical (unpaired) electrons. The highest BCUT2D eigenvalue weighted by Gasteiger charge is 2.26. The van der Waals surface area contributed by atoms with Crippen molar-refractivity contribution in [3.05, 3.63) is 60.4 Å². The summed E-state index contributed by atoms with van der Waals surface area (Å²) in [6, 6.07) is 9.38. The van der Waals surface area contributed by atoms with Crippen molar-refractivity contribution in [2.75, 3.05) is 31.3 Å². The molecule has 1 unspecified atom stereocenters. The molecule has 0 amide bonds. The molecule has 9 heteroatoms. The number of nitrogens with zero attached hydrogens (tertiary/aromatic N) is 5. The smallest absolute Gasteiger partial charge is 0.150 e. The van der Waals surface area contributed by atoms with E-state index in [1.54, 1.807) is 12.4 Å². The van der Waals surface area contributed by atoms with Gasteiger partial charge in [0.1, 0.15) is 28.7 Å². The molecule has 0 spiro atoms. The van der Waals surface area contributed by atoms with Gasteiger partial charge in [-0.15, -0.1) is 0 Å². The Morgan fingerprint density at radius 1 is 1.00 bits per heavy atom. The normalized spacial score (nSPS) is 20.7. The fourth-order valence-electron chi connectivity index (χ4n) is 5.12. The molecule has 1 aromatic carbocycles. The van der Waals surface area contributed by atoms with Crippen molar-refractivity contribution in [1.82, 2.24) is 19.7 Å². The van der Waals surface area contributed by atoms with Crippen molar-refractivity contribution in [1.29, 1.82) is 0 Å². The lowest BCUT2D eigenvalue weighted by atomic mass is 9.99. The Morgan fingerprint density at radius 3 is 2.72 bits per heavy atom. The van der Waals surface area contributed by atoms with Gasteiger partial charge in [0.15, 0.2) is 6.23 Å². The number of halogens is 2. The van der Waals surface area contributed by atoms with Crippen LogP contribution in [0.15, 0.2) is 48.8 Å². The number of hydrogen-bond acceptors (Lipinski definition) is 6. The van der Waals surface area contributed by atoms with Gasteiger partial charge in [-0.25, -0.2) is 18.4 Å². The van der Waals surface area contributed by atoms with Gasteiger partial charge in [0, 0.05) is 42.6 Å². The highest BCUT2D eigenvalue weighted by atomic mass is 19.1. The molecule has 7 nitrogen and oxygen atoms in total. The first kappa shape index (κ1) is 23.0. The van der Waals surface area contributed by atoms with Gasteiger partial charge < -0.3 is 14.4 Å². The Hall–Kier alpha value is -3.43. The van der Waals surface area contributed by atoms with Crippen LogP contribution in [0.25, 0.3) is 33.4 Å². The van der Waals surface area contributed by atoms with Crippen LogP contribution in [0, 0.1) is 11.6 Å². The first-order valence-electron chi connectivity index (χ1n) is 12.3. The van der Waals surface area contributed by atoms with E-state index in [1.807, 2.05) is 22.9 Å². The van der Waals surface area contributed by atoms with E-state index in [9.17, 15) is 4.39 Å². The predicted molar refractivity (Wildman–Crippen MR) is 133 cm³/mol. The second-order valence-corrected chi connectivity index (χ2v) is 9.31. The van der Waals surface area contributed by atoms with E-state index in [1.165, 1.54) is 12.1 Å². The lowest BCUT2D eigenvalue weighted by molar-refractivity contribution is -0.0383. The standard InChI is InChI=1S/C27H27F2N5O2/c1-17-16-35-13-11-33(17)24-15-21(19-6-5-18(28)14-22(19)29)20-7-9-30-27(26(20)32-24)23-8-10-31-34(23)25-4-2-3-12-36-25/h5-10,14-15,17,25H,2-4,11-13,16H2,1H3/t17-,25?/m1/s1. The van der Waals surface area contributed by atoms with Crippen LogP contribution in [0.4, 0.5) is 14.6 Å². The SMILES string of the molecule is C[C@@H]1COCCN1c1cc(-c2ccc(F)cc2F)c2ccnc(-c3ccnn3C3CCCCO3)c2n1. The second-order valence-electron chi connectivity index (χ2n) is 9.31. The Morgan fingerprint density at radius 2 is 1.92 bits per heavy atom. The zero-order valence-electron chi connectivity index (χ0n) is 20.0. The van der Waals surface area contributed by atoms with E-state index in [-0.39, 0.29) is 12.3 Å². The summed E-state index contributed by atoms with van der Waals surface area (Å²) in [7, 11) is 0. The molecule has 5 heterocycles. The number of aromatic nitrogens is 4. The third-order valence-electron chi connectivity index (χ3n) is 6.94. The number of ether oxygens (including phenoxy) is 2. The van der Waals surface area contributed by atoms with Gasteiger partial charge in [-0.2, -0.15) is 5.10 Å².